The number of nitrogens with one attached hydrogen (secondary N) is 1. The molecule has 1 atom stereocenters. The van der Waals surface area contributed by atoms with E-state index in [0.717, 1.165) is 6.07 Å². The van der Waals surface area contributed by atoms with E-state index in [4.69, 9.17) is 5.73 Å². The topological polar surface area (TPSA) is 118 Å². The smallest absolute Gasteiger partial charge is 0.273 e. The van der Waals surface area contributed by atoms with Crippen LogP contribution in [0.1, 0.15) is 6.92 Å². The molecule has 0 aromatic heterocycles. The van der Waals surface area contributed by atoms with Crippen LogP contribution in [0.15, 0.2) is 18.2 Å². The zero-order valence-electron chi connectivity index (χ0n) is 9.21. The number of amides is 1. The summed E-state index contributed by atoms with van der Waals surface area (Å²) >= 11 is 0. The van der Waals surface area contributed by atoms with Gasteiger partial charge in [0, 0.05) is 18.5 Å². The number of nitrogens with two attached hydrogens (primary N) is 1. The minimum Gasteiger partial charge on any atom is -0.506 e. The van der Waals surface area contributed by atoms with Gasteiger partial charge in [0.25, 0.3) is 5.69 Å². The average molecular weight is 239 g/mol. The Balaban J connectivity index is 2.86. The second-order valence-corrected chi connectivity index (χ2v) is 3.58. The molecule has 0 radical (unpaired) electrons. The van der Waals surface area contributed by atoms with Gasteiger partial charge in [-0.2, -0.15) is 0 Å². The lowest BCUT2D eigenvalue weighted by Crippen LogP contribution is -2.26. The Hall–Kier alpha value is -2.15. The third kappa shape index (κ3) is 3.15. The Morgan fingerprint density at radius 2 is 2.29 bits per heavy atom. The number of phenolic OH excluding ortho intramolecular Hbond substituents is 1. The lowest BCUT2D eigenvalue weighted by Gasteiger charge is -2.10. The third-order valence-corrected chi connectivity index (χ3v) is 2.25. The monoisotopic (exact) mass is 239 g/mol. The van der Waals surface area contributed by atoms with Crippen LogP contribution in [-0.2, 0) is 4.79 Å². The standard InChI is InChI=1S/C10H13N3O4/c1-6(5-11)10(15)12-8-3-2-7(13(16)17)4-9(8)14/h2-4,6,14H,5,11H2,1H3,(H,12,15). The minimum absolute atomic E-state index is 0.126. The van der Waals surface area contributed by atoms with Crippen LogP contribution in [0, 0.1) is 16.0 Å². The first kappa shape index (κ1) is 12.9. The molecule has 17 heavy (non-hydrogen) atoms. The van der Waals surface area contributed by atoms with Gasteiger partial charge in [-0.05, 0) is 6.07 Å². The molecule has 1 rings (SSSR count). The van der Waals surface area contributed by atoms with Gasteiger partial charge in [0.15, 0.2) is 0 Å². The van der Waals surface area contributed by atoms with Crippen LogP contribution < -0.4 is 11.1 Å². The van der Waals surface area contributed by atoms with Crippen LogP contribution in [0.3, 0.4) is 0 Å². The Morgan fingerprint density at radius 3 is 2.76 bits per heavy atom. The number of non-ortho nitro benzene ring substituents is 1. The number of nitro benzene ring substituents is 1. The van der Waals surface area contributed by atoms with Gasteiger partial charge in [0.1, 0.15) is 5.75 Å². The molecule has 0 fully saturated rings. The number of hydrogen-bond acceptors (Lipinski definition) is 5. The highest BCUT2D eigenvalue weighted by Crippen LogP contribution is 2.28. The summed E-state index contributed by atoms with van der Waals surface area (Å²) in [6.07, 6.45) is 0. The molecule has 1 aromatic rings. The molecule has 0 aliphatic heterocycles. The zero-order chi connectivity index (χ0) is 13.0. The number of nitro groups is 1. The molecule has 0 saturated heterocycles. The number of carbonyl (C=O) groups is 1. The fourth-order valence-corrected chi connectivity index (χ4v) is 1.10. The van der Waals surface area contributed by atoms with Crippen molar-refractivity contribution in [3.8, 4) is 5.75 Å². The molecule has 1 amide bonds. The molecule has 92 valence electrons. The van der Waals surface area contributed by atoms with Crippen LogP contribution in [0.25, 0.3) is 0 Å². The molecule has 7 nitrogen and oxygen atoms in total. The normalized spacial score (nSPS) is 11.9. The number of rotatable bonds is 4. The van der Waals surface area contributed by atoms with E-state index in [9.17, 15) is 20.0 Å². The van der Waals surface area contributed by atoms with E-state index >= 15 is 0 Å². The fourth-order valence-electron chi connectivity index (χ4n) is 1.10. The molecule has 0 aliphatic carbocycles. The number of aromatic hydroxyl groups is 1. The first-order chi connectivity index (χ1) is 7.95. The number of carbonyl (C=O) groups excluding carboxylic acids is 1. The number of phenols is 1. The molecule has 0 aliphatic rings. The number of nitrogens with zero attached hydrogens (tertiary/aromatic N) is 1. The zero-order valence-corrected chi connectivity index (χ0v) is 9.21. The number of benzene rings is 1. The number of hydrogen-bond donors (Lipinski definition) is 3. The average Bonchev–Trinajstić information content (AvgIpc) is 2.30. The maximum Gasteiger partial charge on any atom is 0.273 e. The van der Waals surface area contributed by atoms with Crippen molar-refractivity contribution in [1.29, 1.82) is 0 Å². The van der Waals surface area contributed by atoms with Crippen molar-refractivity contribution in [3.05, 3.63) is 28.3 Å². The molecule has 1 unspecified atom stereocenters. The second kappa shape index (κ2) is 5.26. The van der Waals surface area contributed by atoms with E-state index in [-0.39, 0.29) is 29.6 Å². The fraction of sp³-hybridized carbons (Fsp3) is 0.300. The first-order valence-electron chi connectivity index (χ1n) is 4.94. The molecule has 0 saturated carbocycles. The second-order valence-electron chi connectivity index (χ2n) is 3.58. The van der Waals surface area contributed by atoms with Crippen molar-refractivity contribution >= 4 is 17.3 Å². The molecule has 0 heterocycles. The van der Waals surface area contributed by atoms with Crippen molar-refractivity contribution in [2.75, 3.05) is 11.9 Å². The summed E-state index contributed by atoms with van der Waals surface area (Å²) in [4.78, 5) is 21.3. The lowest BCUT2D eigenvalue weighted by atomic mass is 10.1. The van der Waals surface area contributed by atoms with E-state index < -0.39 is 10.8 Å². The largest absolute Gasteiger partial charge is 0.506 e. The van der Waals surface area contributed by atoms with Crippen molar-refractivity contribution in [1.82, 2.24) is 0 Å². The Morgan fingerprint density at radius 1 is 1.65 bits per heavy atom. The maximum absolute atomic E-state index is 11.5. The summed E-state index contributed by atoms with van der Waals surface area (Å²) in [6, 6.07) is 3.44. The summed E-state index contributed by atoms with van der Waals surface area (Å²) in [7, 11) is 0. The van der Waals surface area contributed by atoms with Gasteiger partial charge >= 0.3 is 0 Å². The number of anilines is 1. The predicted molar refractivity (Wildman–Crippen MR) is 61.6 cm³/mol. The van der Waals surface area contributed by atoms with Gasteiger partial charge in [-0.25, -0.2) is 0 Å². The molecule has 0 spiro atoms. The highest BCUT2D eigenvalue weighted by Gasteiger charge is 2.15. The van der Waals surface area contributed by atoms with E-state index in [1.54, 1.807) is 6.92 Å². The van der Waals surface area contributed by atoms with Crippen molar-refractivity contribution in [2.24, 2.45) is 11.7 Å². The Labute approximate surface area is 97.4 Å². The summed E-state index contributed by atoms with van der Waals surface area (Å²) in [5.74, 6) is -1.10. The van der Waals surface area contributed by atoms with Crippen molar-refractivity contribution < 1.29 is 14.8 Å². The van der Waals surface area contributed by atoms with E-state index in [1.807, 2.05) is 0 Å². The van der Waals surface area contributed by atoms with Gasteiger partial charge < -0.3 is 16.2 Å². The SMILES string of the molecule is CC(CN)C(=O)Nc1ccc([N+](=O)[O-])cc1O. The summed E-state index contributed by atoms with van der Waals surface area (Å²) < 4.78 is 0. The summed E-state index contributed by atoms with van der Waals surface area (Å²) in [5.41, 5.74) is 5.20. The quantitative estimate of drug-likeness (QED) is 0.408. The highest BCUT2D eigenvalue weighted by molar-refractivity contribution is 5.94. The van der Waals surface area contributed by atoms with Crippen molar-refractivity contribution in [2.45, 2.75) is 6.92 Å². The summed E-state index contributed by atoms with van der Waals surface area (Å²) in [5, 5.41) is 22.4. The van der Waals surface area contributed by atoms with Crippen LogP contribution in [-0.4, -0.2) is 22.5 Å². The third-order valence-electron chi connectivity index (χ3n) is 2.25. The Kier molecular flexibility index (Phi) is 4.00. The highest BCUT2D eigenvalue weighted by atomic mass is 16.6. The van der Waals surface area contributed by atoms with Gasteiger partial charge in [0.2, 0.25) is 5.91 Å². The van der Waals surface area contributed by atoms with Gasteiger partial charge in [-0.1, -0.05) is 6.92 Å². The van der Waals surface area contributed by atoms with Crippen LogP contribution >= 0.6 is 0 Å². The van der Waals surface area contributed by atoms with Crippen LogP contribution in [0.2, 0.25) is 0 Å². The molecule has 7 heteroatoms. The van der Waals surface area contributed by atoms with Gasteiger partial charge in [0.05, 0.1) is 16.7 Å². The van der Waals surface area contributed by atoms with E-state index in [2.05, 4.69) is 5.32 Å². The van der Waals surface area contributed by atoms with E-state index in [1.165, 1.54) is 12.1 Å². The molecular weight excluding hydrogens is 226 g/mol. The molecular formula is C10H13N3O4. The first-order valence-corrected chi connectivity index (χ1v) is 4.94. The van der Waals surface area contributed by atoms with Crippen molar-refractivity contribution in [3.63, 3.8) is 0 Å². The predicted octanol–water partition coefficient (Wildman–Crippen LogP) is 0.834. The molecule has 1 aromatic carbocycles. The van der Waals surface area contributed by atoms with Crippen LogP contribution in [0.4, 0.5) is 11.4 Å². The summed E-state index contributed by atoms with van der Waals surface area (Å²) in [6.45, 7) is 1.82. The van der Waals surface area contributed by atoms with Gasteiger partial charge in [-0.3, -0.25) is 14.9 Å². The molecule has 0 bridgehead atoms. The minimum atomic E-state index is -0.631. The Bertz CT molecular complexity index is 447. The van der Waals surface area contributed by atoms with Crippen LogP contribution in [0.5, 0.6) is 5.75 Å². The lowest BCUT2D eigenvalue weighted by molar-refractivity contribution is -0.384. The van der Waals surface area contributed by atoms with Gasteiger partial charge in [-0.15, -0.1) is 0 Å². The van der Waals surface area contributed by atoms with E-state index in [0.29, 0.717) is 0 Å². The maximum atomic E-state index is 11.5. The molecule has 4 N–H and O–H groups in total.